The minimum Gasteiger partial charge on any atom is -0.354 e. The number of halogens is 1. The molecule has 1 amide bonds. The van der Waals surface area contributed by atoms with Gasteiger partial charge in [0, 0.05) is 37.7 Å². The lowest BCUT2D eigenvalue weighted by Gasteiger charge is -2.12. The number of benzene rings is 1. The van der Waals surface area contributed by atoms with Crippen molar-refractivity contribution in [1.82, 2.24) is 20.4 Å². The summed E-state index contributed by atoms with van der Waals surface area (Å²) in [7, 11) is 1.77. The number of hydrogen-bond acceptors (Lipinski definition) is 3. The summed E-state index contributed by atoms with van der Waals surface area (Å²) >= 11 is 0. The molecule has 25 heavy (non-hydrogen) atoms. The van der Waals surface area contributed by atoms with Crippen LogP contribution in [0.15, 0.2) is 47.7 Å². The SMILES string of the molecule is CN=C(NCc1cccc(NC(=O)Cn2cccn2)c1)NC1CC1.I. The first-order valence-electron chi connectivity index (χ1n) is 8.06. The number of rotatable bonds is 6. The predicted octanol–water partition coefficient (Wildman–Crippen LogP) is 1.97. The third kappa shape index (κ3) is 6.37. The van der Waals surface area contributed by atoms with E-state index in [0.29, 0.717) is 12.6 Å². The molecule has 0 aliphatic heterocycles. The van der Waals surface area contributed by atoms with E-state index in [1.165, 1.54) is 12.8 Å². The van der Waals surface area contributed by atoms with Crippen LogP contribution in [0.2, 0.25) is 0 Å². The van der Waals surface area contributed by atoms with E-state index in [9.17, 15) is 4.79 Å². The molecule has 0 bridgehead atoms. The van der Waals surface area contributed by atoms with Crippen LogP contribution in [0.5, 0.6) is 0 Å². The molecule has 7 nitrogen and oxygen atoms in total. The van der Waals surface area contributed by atoms with Crippen LogP contribution in [0.1, 0.15) is 18.4 Å². The number of guanidine groups is 1. The fraction of sp³-hybridized carbons (Fsp3) is 0.353. The first-order valence-corrected chi connectivity index (χ1v) is 8.06. The highest BCUT2D eigenvalue weighted by Gasteiger charge is 2.21. The van der Waals surface area contributed by atoms with Crippen LogP contribution >= 0.6 is 24.0 Å². The van der Waals surface area contributed by atoms with Crippen LogP contribution in [0.4, 0.5) is 5.69 Å². The molecule has 2 aromatic rings. The van der Waals surface area contributed by atoms with Crippen LogP contribution in [0.25, 0.3) is 0 Å². The van der Waals surface area contributed by atoms with E-state index >= 15 is 0 Å². The second kappa shape index (κ2) is 9.40. The zero-order valence-electron chi connectivity index (χ0n) is 14.1. The van der Waals surface area contributed by atoms with E-state index in [4.69, 9.17) is 0 Å². The Labute approximate surface area is 164 Å². The number of carbonyl (C=O) groups excluding carboxylic acids is 1. The Morgan fingerprint density at radius 1 is 1.36 bits per heavy atom. The van der Waals surface area contributed by atoms with Gasteiger partial charge in [-0.15, -0.1) is 24.0 Å². The molecule has 3 rings (SSSR count). The van der Waals surface area contributed by atoms with Crippen molar-refractivity contribution in [3.63, 3.8) is 0 Å². The van der Waals surface area contributed by atoms with E-state index < -0.39 is 0 Å². The smallest absolute Gasteiger partial charge is 0.246 e. The fourth-order valence-corrected chi connectivity index (χ4v) is 2.30. The summed E-state index contributed by atoms with van der Waals surface area (Å²) in [6.45, 7) is 0.850. The number of hydrogen-bond donors (Lipinski definition) is 3. The standard InChI is InChI=1S/C17H22N6O.HI/c1-18-17(22-14-6-7-14)19-11-13-4-2-5-15(10-13)21-16(24)12-23-9-3-8-20-23;/h2-5,8-10,14H,6-7,11-12H2,1H3,(H,21,24)(H2,18,19,22);1H. The predicted molar refractivity (Wildman–Crippen MR) is 109 cm³/mol. The molecule has 134 valence electrons. The van der Waals surface area contributed by atoms with E-state index in [-0.39, 0.29) is 36.4 Å². The lowest BCUT2D eigenvalue weighted by molar-refractivity contribution is -0.116. The van der Waals surface area contributed by atoms with Crippen LogP contribution in [-0.2, 0) is 17.9 Å². The summed E-state index contributed by atoms with van der Waals surface area (Å²) in [5.41, 5.74) is 1.85. The number of nitrogens with one attached hydrogen (secondary N) is 3. The fourth-order valence-electron chi connectivity index (χ4n) is 2.30. The molecule has 0 radical (unpaired) electrons. The molecule has 1 aliphatic rings. The Morgan fingerprint density at radius 3 is 2.88 bits per heavy atom. The molecule has 3 N–H and O–H groups in total. The topological polar surface area (TPSA) is 83.3 Å². The maximum Gasteiger partial charge on any atom is 0.246 e. The van der Waals surface area contributed by atoms with E-state index in [1.807, 2.05) is 24.3 Å². The molecule has 0 unspecified atom stereocenters. The van der Waals surface area contributed by atoms with Gasteiger partial charge in [-0.25, -0.2) is 0 Å². The number of amides is 1. The molecule has 1 aromatic heterocycles. The summed E-state index contributed by atoms with van der Waals surface area (Å²) in [5, 5.41) is 13.5. The third-order valence-corrected chi connectivity index (χ3v) is 3.68. The lowest BCUT2D eigenvalue weighted by atomic mass is 10.2. The second-order valence-electron chi connectivity index (χ2n) is 5.80. The van der Waals surface area contributed by atoms with Gasteiger partial charge in [0.25, 0.3) is 0 Å². The minimum atomic E-state index is -0.102. The van der Waals surface area contributed by atoms with Crippen molar-refractivity contribution in [1.29, 1.82) is 0 Å². The number of nitrogens with zero attached hydrogens (tertiary/aromatic N) is 3. The molecule has 1 fully saturated rings. The van der Waals surface area contributed by atoms with Crippen molar-refractivity contribution in [2.45, 2.75) is 32.0 Å². The highest BCUT2D eigenvalue weighted by Crippen LogP contribution is 2.18. The Balaban J connectivity index is 0.00000225. The van der Waals surface area contributed by atoms with Gasteiger partial charge in [0.05, 0.1) is 0 Å². The quantitative estimate of drug-likeness (QED) is 0.354. The molecular weight excluding hydrogens is 431 g/mol. The van der Waals surface area contributed by atoms with Gasteiger partial charge in [-0.2, -0.15) is 5.10 Å². The average molecular weight is 454 g/mol. The molecule has 1 saturated carbocycles. The summed E-state index contributed by atoms with van der Waals surface area (Å²) in [5.74, 6) is 0.709. The average Bonchev–Trinajstić information content (AvgIpc) is 3.25. The van der Waals surface area contributed by atoms with Gasteiger partial charge in [-0.1, -0.05) is 12.1 Å². The summed E-state index contributed by atoms with van der Waals surface area (Å²) < 4.78 is 1.59. The highest BCUT2D eigenvalue weighted by atomic mass is 127. The Bertz CT molecular complexity index is 712. The maximum absolute atomic E-state index is 12.0. The first kappa shape index (κ1) is 19.2. The van der Waals surface area contributed by atoms with Gasteiger partial charge in [-0.05, 0) is 36.6 Å². The van der Waals surface area contributed by atoms with Gasteiger partial charge in [0.2, 0.25) is 5.91 Å². The molecule has 8 heteroatoms. The minimum absolute atomic E-state index is 0. The van der Waals surface area contributed by atoms with Crippen molar-refractivity contribution in [2.24, 2.45) is 4.99 Å². The van der Waals surface area contributed by atoms with Crippen molar-refractivity contribution in [2.75, 3.05) is 12.4 Å². The van der Waals surface area contributed by atoms with Crippen molar-refractivity contribution in [3.05, 3.63) is 48.3 Å². The number of anilines is 1. The maximum atomic E-state index is 12.0. The van der Waals surface area contributed by atoms with Crippen LogP contribution < -0.4 is 16.0 Å². The molecular formula is C17H23IN6O. The molecule has 0 saturated heterocycles. The number of aliphatic imine (C=N–C) groups is 1. The van der Waals surface area contributed by atoms with Crippen LogP contribution in [0, 0.1) is 0 Å². The van der Waals surface area contributed by atoms with E-state index in [1.54, 1.807) is 30.2 Å². The zero-order chi connectivity index (χ0) is 16.8. The monoisotopic (exact) mass is 454 g/mol. The zero-order valence-corrected chi connectivity index (χ0v) is 16.4. The molecule has 0 atom stereocenters. The van der Waals surface area contributed by atoms with E-state index in [0.717, 1.165) is 17.2 Å². The largest absolute Gasteiger partial charge is 0.354 e. The van der Waals surface area contributed by atoms with Crippen molar-refractivity contribution in [3.8, 4) is 0 Å². The number of aromatic nitrogens is 2. The Kier molecular flexibility index (Phi) is 7.23. The van der Waals surface area contributed by atoms with Crippen molar-refractivity contribution >= 4 is 41.5 Å². The van der Waals surface area contributed by atoms with Crippen molar-refractivity contribution < 1.29 is 4.79 Å². The second-order valence-corrected chi connectivity index (χ2v) is 5.80. The summed E-state index contributed by atoms with van der Waals surface area (Å²) in [6.07, 6.45) is 5.83. The van der Waals surface area contributed by atoms with Gasteiger partial charge in [0.1, 0.15) is 6.54 Å². The molecule has 1 aliphatic carbocycles. The van der Waals surface area contributed by atoms with Crippen LogP contribution in [-0.4, -0.2) is 34.7 Å². The Hall–Kier alpha value is -2.10. The summed E-state index contributed by atoms with van der Waals surface area (Å²) in [6, 6.07) is 10.1. The molecule has 1 heterocycles. The lowest BCUT2D eigenvalue weighted by Crippen LogP contribution is -2.38. The molecule has 1 aromatic carbocycles. The summed E-state index contributed by atoms with van der Waals surface area (Å²) in [4.78, 5) is 16.2. The first-order chi connectivity index (χ1) is 11.7. The van der Waals surface area contributed by atoms with Crippen LogP contribution in [0.3, 0.4) is 0 Å². The third-order valence-electron chi connectivity index (χ3n) is 3.68. The molecule has 0 spiro atoms. The highest BCUT2D eigenvalue weighted by molar-refractivity contribution is 14.0. The van der Waals surface area contributed by atoms with Gasteiger partial charge < -0.3 is 16.0 Å². The van der Waals surface area contributed by atoms with E-state index in [2.05, 4.69) is 26.0 Å². The normalized spacial score (nSPS) is 13.7. The number of carbonyl (C=O) groups is 1. The van der Waals surface area contributed by atoms with Gasteiger partial charge in [0.15, 0.2) is 5.96 Å². The Morgan fingerprint density at radius 2 is 2.20 bits per heavy atom. The van der Waals surface area contributed by atoms with Gasteiger partial charge in [-0.3, -0.25) is 14.5 Å². The van der Waals surface area contributed by atoms with Gasteiger partial charge >= 0.3 is 0 Å².